The number of hydrogen-bond acceptors (Lipinski definition) is 4. The van der Waals surface area contributed by atoms with E-state index in [0.29, 0.717) is 13.1 Å². The van der Waals surface area contributed by atoms with Crippen molar-refractivity contribution >= 4 is 24.8 Å². The Bertz CT molecular complexity index is 536. The van der Waals surface area contributed by atoms with Crippen molar-refractivity contribution in [1.82, 2.24) is 15.1 Å². The van der Waals surface area contributed by atoms with E-state index in [2.05, 4.69) is 29.0 Å². The molecule has 0 bridgehead atoms. The highest BCUT2D eigenvalue weighted by atomic mass is 35.5. The van der Waals surface area contributed by atoms with E-state index in [-0.39, 0.29) is 30.9 Å². The van der Waals surface area contributed by atoms with E-state index < -0.39 is 17.7 Å². The fourth-order valence-electron chi connectivity index (χ4n) is 3.40. The van der Waals surface area contributed by atoms with E-state index in [1.165, 1.54) is 6.07 Å². The summed E-state index contributed by atoms with van der Waals surface area (Å²) in [6.45, 7) is 10.4. The zero-order valence-electron chi connectivity index (χ0n) is 16.2. The van der Waals surface area contributed by atoms with Crippen LogP contribution in [0.4, 0.5) is 8.78 Å². The third kappa shape index (κ3) is 8.59. The number of nitrogens with one attached hydrogen (secondary N) is 1. The van der Waals surface area contributed by atoms with Gasteiger partial charge in [0.25, 0.3) is 0 Å². The number of aliphatic hydroxyl groups is 1. The van der Waals surface area contributed by atoms with Gasteiger partial charge in [-0.05, 0) is 56.7 Å². The number of piperidine rings is 1. The van der Waals surface area contributed by atoms with Gasteiger partial charge in [-0.2, -0.15) is 0 Å². The summed E-state index contributed by atoms with van der Waals surface area (Å²) < 4.78 is 26.3. The third-order valence-electron chi connectivity index (χ3n) is 5.01. The first kappa shape index (κ1) is 26.5. The number of benzene rings is 1. The largest absolute Gasteiger partial charge is 0.390 e. The minimum atomic E-state index is -0.823. The zero-order chi connectivity index (χ0) is 18.2. The van der Waals surface area contributed by atoms with Crippen LogP contribution in [0, 0.1) is 11.6 Å². The van der Waals surface area contributed by atoms with Gasteiger partial charge in [-0.1, -0.05) is 19.9 Å². The number of aliphatic hydroxyl groups excluding tert-OH is 1. The number of nitrogens with zero attached hydrogens (tertiary/aromatic N) is 2. The summed E-state index contributed by atoms with van der Waals surface area (Å²) in [5, 5.41) is 13.8. The maximum atomic E-state index is 13.3. The molecule has 8 heteroatoms. The van der Waals surface area contributed by atoms with Crippen LogP contribution in [0.15, 0.2) is 18.2 Å². The van der Waals surface area contributed by atoms with Crippen molar-refractivity contribution in [2.45, 2.75) is 45.4 Å². The molecule has 2 N–H and O–H groups in total. The Balaban J connectivity index is 0.00000338. The van der Waals surface area contributed by atoms with Gasteiger partial charge in [0.05, 0.1) is 6.10 Å². The minimum Gasteiger partial charge on any atom is -0.390 e. The second kappa shape index (κ2) is 13.6. The van der Waals surface area contributed by atoms with E-state index in [9.17, 15) is 13.9 Å². The van der Waals surface area contributed by atoms with Gasteiger partial charge >= 0.3 is 0 Å². The molecule has 0 spiro atoms. The molecule has 2 rings (SSSR count). The first-order valence-electron chi connectivity index (χ1n) is 9.33. The predicted octanol–water partition coefficient (Wildman–Crippen LogP) is 3.07. The Kier molecular flexibility index (Phi) is 13.4. The van der Waals surface area contributed by atoms with Gasteiger partial charge in [-0.25, -0.2) is 8.78 Å². The van der Waals surface area contributed by atoms with Crippen LogP contribution in [0.1, 0.15) is 32.3 Å². The summed E-state index contributed by atoms with van der Waals surface area (Å²) in [5.41, 5.74) is 0.733. The lowest BCUT2D eigenvalue weighted by molar-refractivity contribution is 0.0369. The van der Waals surface area contributed by atoms with Crippen LogP contribution in [0.3, 0.4) is 0 Å². The third-order valence-corrected chi connectivity index (χ3v) is 5.01. The summed E-state index contributed by atoms with van der Waals surface area (Å²) in [4.78, 5) is 4.48. The average Bonchev–Trinajstić information content (AvgIpc) is 2.60. The second-order valence-corrected chi connectivity index (χ2v) is 6.78. The van der Waals surface area contributed by atoms with Crippen LogP contribution in [0.2, 0.25) is 0 Å². The van der Waals surface area contributed by atoms with Gasteiger partial charge in [0.15, 0.2) is 11.6 Å². The summed E-state index contributed by atoms with van der Waals surface area (Å²) in [7, 11) is 0. The summed E-state index contributed by atoms with van der Waals surface area (Å²) in [5.74, 6) is -1.64. The van der Waals surface area contributed by atoms with Crippen molar-refractivity contribution in [3.63, 3.8) is 0 Å². The minimum absolute atomic E-state index is 0. The molecule has 1 saturated heterocycles. The van der Waals surface area contributed by atoms with Crippen molar-refractivity contribution in [2.75, 3.05) is 39.3 Å². The van der Waals surface area contributed by atoms with Crippen LogP contribution in [-0.4, -0.2) is 66.3 Å². The monoisotopic (exact) mass is 427 g/mol. The fraction of sp³-hybridized carbons (Fsp3) is 0.684. The van der Waals surface area contributed by atoms with E-state index in [1.807, 2.05) is 0 Å². The molecule has 4 nitrogen and oxygen atoms in total. The summed E-state index contributed by atoms with van der Waals surface area (Å²) in [6, 6.07) is 4.10. The molecule has 1 fully saturated rings. The molecule has 1 heterocycles. The highest BCUT2D eigenvalue weighted by Gasteiger charge is 2.27. The molecule has 0 radical (unpaired) electrons. The van der Waals surface area contributed by atoms with Crippen molar-refractivity contribution < 1.29 is 13.9 Å². The van der Waals surface area contributed by atoms with Gasteiger partial charge in [-0.3, -0.25) is 4.90 Å². The molecule has 27 heavy (non-hydrogen) atoms. The molecule has 1 aliphatic rings. The molecule has 1 aromatic rings. The summed E-state index contributed by atoms with van der Waals surface area (Å²) in [6.07, 6.45) is 1.49. The lowest BCUT2D eigenvalue weighted by Gasteiger charge is -2.36. The molecular formula is C19H33Cl2F2N3O. The first-order chi connectivity index (χ1) is 12.0. The molecule has 1 aliphatic heterocycles. The smallest absolute Gasteiger partial charge is 0.159 e. The fourth-order valence-corrected chi connectivity index (χ4v) is 3.40. The maximum absolute atomic E-state index is 13.3. The zero-order valence-corrected chi connectivity index (χ0v) is 17.8. The molecular weight excluding hydrogens is 395 g/mol. The molecule has 2 atom stereocenters. The highest BCUT2D eigenvalue weighted by molar-refractivity contribution is 5.85. The Hall–Kier alpha value is -0.500. The Labute approximate surface area is 174 Å². The molecule has 0 unspecified atom stereocenters. The normalized spacial score (nSPS) is 20.2. The van der Waals surface area contributed by atoms with E-state index in [1.54, 1.807) is 6.07 Å². The van der Waals surface area contributed by atoms with Gasteiger partial charge in [-0.15, -0.1) is 24.8 Å². The van der Waals surface area contributed by atoms with Gasteiger partial charge in [0.1, 0.15) is 0 Å². The standard InChI is InChI=1S/C19H31F2N3O.2ClH/c1-3-23(4-2)10-5-9-22-18-8-11-24(14-19(18)25)13-15-6-7-16(20)17(21)12-15;;/h6-7,12,18-19,22,25H,3-5,8-11,13-14H2,1-2H3;2*1H/t18-,19-;;/m1../s1. The molecule has 0 aromatic heterocycles. The summed E-state index contributed by atoms with van der Waals surface area (Å²) >= 11 is 0. The van der Waals surface area contributed by atoms with Crippen LogP contribution >= 0.6 is 24.8 Å². The van der Waals surface area contributed by atoms with Gasteiger partial charge in [0.2, 0.25) is 0 Å². The van der Waals surface area contributed by atoms with Crippen LogP contribution < -0.4 is 5.32 Å². The number of halogens is 4. The highest BCUT2D eigenvalue weighted by Crippen LogP contribution is 2.16. The van der Waals surface area contributed by atoms with Crippen molar-refractivity contribution in [1.29, 1.82) is 0 Å². The van der Waals surface area contributed by atoms with Gasteiger partial charge in [0, 0.05) is 25.7 Å². The maximum Gasteiger partial charge on any atom is 0.159 e. The quantitative estimate of drug-likeness (QED) is 0.593. The van der Waals surface area contributed by atoms with Crippen LogP contribution in [0.5, 0.6) is 0 Å². The molecule has 0 amide bonds. The van der Waals surface area contributed by atoms with Crippen molar-refractivity contribution in [3.8, 4) is 0 Å². The van der Waals surface area contributed by atoms with E-state index in [0.717, 1.165) is 57.2 Å². The van der Waals surface area contributed by atoms with Gasteiger partial charge < -0.3 is 15.3 Å². The SMILES string of the molecule is CCN(CC)CCCN[C@@H]1CCN(Cc2ccc(F)c(F)c2)C[C@H]1O.Cl.Cl. The lowest BCUT2D eigenvalue weighted by Crippen LogP contribution is -2.52. The first-order valence-corrected chi connectivity index (χ1v) is 9.33. The molecule has 158 valence electrons. The van der Waals surface area contributed by atoms with E-state index >= 15 is 0 Å². The molecule has 0 aliphatic carbocycles. The predicted molar refractivity (Wildman–Crippen MR) is 111 cm³/mol. The number of likely N-dealkylation sites (tertiary alicyclic amines) is 1. The number of rotatable bonds is 9. The Morgan fingerprint density at radius 1 is 1.19 bits per heavy atom. The van der Waals surface area contributed by atoms with Crippen LogP contribution in [0.25, 0.3) is 0 Å². The number of hydrogen-bond donors (Lipinski definition) is 2. The topological polar surface area (TPSA) is 38.7 Å². The van der Waals surface area contributed by atoms with Crippen molar-refractivity contribution in [2.24, 2.45) is 0 Å². The van der Waals surface area contributed by atoms with E-state index in [4.69, 9.17) is 0 Å². The Morgan fingerprint density at radius 2 is 1.89 bits per heavy atom. The van der Waals surface area contributed by atoms with Crippen LogP contribution in [-0.2, 0) is 6.54 Å². The second-order valence-electron chi connectivity index (χ2n) is 6.78. The van der Waals surface area contributed by atoms with Crippen molar-refractivity contribution in [3.05, 3.63) is 35.4 Å². The molecule has 1 aromatic carbocycles. The lowest BCUT2D eigenvalue weighted by atomic mass is 10.0. The Morgan fingerprint density at radius 3 is 2.48 bits per heavy atom. The number of β-amino-alcohol motifs (C(OH)–C–C–N with tert-alkyl or cyclic N) is 1. The average molecular weight is 428 g/mol. The molecule has 0 saturated carbocycles.